The van der Waals surface area contributed by atoms with Gasteiger partial charge in [-0.25, -0.2) is 9.59 Å². The van der Waals surface area contributed by atoms with Gasteiger partial charge in [0, 0.05) is 80.8 Å². The van der Waals surface area contributed by atoms with Crippen LogP contribution in [0.2, 0.25) is 5.02 Å². The van der Waals surface area contributed by atoms with Crippen molar-refractivity contribution in [2.24, 2.45) is 0 Å². The van der Waals surface area contributed by atoms with Gasteiger partial charge >= 0.3 is 18.3 Å². The Labute approximate surface area is 278 Å². The Morgan fingerprint density at radius 2 is 1.77 bits per heavy atom. The van der Waals surface area contributed by atoms with Gasteiger partial charge in [0.1, 0.15) is 0 Å². The third kappa shape index (κ3) is 7.20. The van der Waals surface area contributed by atoms with Gasteiger partial charge in [-0.1, -0.05) is 11.6 Å². The first-order chi connectivity index (χ1) is 22.5. The zero-order valence-electron chi connectivity index (χ0n) is 25.2. The highest BCUT2D eigenvalue weighted by Crippen LogP contribution is 2.38. The van der Waals surface area contributed by atoms with Crippen LogP contribution in [0.15, 0.2) is 47.4 Å². The van der Waals surface area contributed by atoms with Crippen LogP contribution in [0.3, 0.4) is 0 Å². The summed E-state index contributed by atoms with van der Waals surface area (Å²) in [5.41, 5.74) is 6.74. The van der Waals surface area contributed by atoms with E-state index in [4.69, 9.17) is 22.1 Å². The minimum Gasteiger partial charge on any atom is -0.436 e. The number of nitrogens with two attached hydrogens (primary N) is 1. The molecule has 2 saturated heterocycles. The largest absolute Gasteiger partial charge is 0.436 e. The summed E-state index contributed by atoms with van der Waals surface area (Å²) >= 11 is 7.59. The van der Waals surface area contributed by atoms with Crippen molar-refractivity contribution in [1.29, 1.82) is 0 Å². The minimum absolute atomic E-state index is 0.0562. The molecule has 1 aromatic carbocycles. The Morgan fingerprint density at radius 3 is 2.45 bits per heavy atom. The monoisotopic (exact) mass is 691 g/mol. The van der Waals surface area contributed by atoms with Crippen LogP contribution < -0.4 is 16.0 Å². The first-order valence-corrected chi connectivity index (χ1v) is 16.5. The Kier molecular flexibility index (Phi) is 9.37. The number of piperidine rings is 1. The van der Waals surface area contributed by atoms with Gasteiger partial charge in [0.15, 0.2) is 6.10 Å². The van der Waals surface area contributed by atoms with Gasteiger partial charge in [0.05, 0.1) is 28.5 Å². The molecule has 16 heteroatoms. The number of amides is 4. The van der Waals surface area contributed by atoms with Crippen LogP contribution in [0.25, 0.3) is 0 Å². The molecule has 4 amide bonds. The van der Waals surface area contributed by atoms with E-state index >= 15 is 0 Å². The molecule has 2 aromatic heterocycles. The molecule has 47 heavy (non-hydrogen) atoms. The Balaban J connectivity index is 1.15. The predicted molar refractivity (Wildman–Crippen MR) is 171 cm³/mol. The Morgan fingerprint density at radius 1 is 1.06 bits per heavy atom. The number of nitrogen functional groups attached to an aromatic ring is 1. The maximum absolute atomic E-state index is 13.8. The molecular formula is C31H33ClF3N7O4S. The van der Waals surface area contributed by atoms with Gasteiger partial charge < -0.3 is 35.4 Å². The summed E-state index contributed by atoms with van der Waals surface area (Å²) in [6.07, 6.45) is -2.90. The highest BCUT2D eigenvalue weighted by atomic mass is 35.5. The quantitative estimate of drug-likeness (QED) is 0.336. The number of aromatic nitrogens is 1. The van der Waals surface area contributed by atoms with E-state index in [-0.39, 0.29) is 42.2 Å². The van der Waals surface area contributed by atoms with E-state index in [1.807, 2.05) is 22.9 Å². The van der Waals surface area contributed by atoms with Gasteiger partial charge in [-0.3, -0.25) is 9.78 Å². The molecule has 2 fully saturated rings. The fourth-order valence-electron chi connectivity index (χ4n) is 6.21. The third-order valence-corrected chi connectivity index (χ3v) is 9.91. The Hall–Kier alpha value is -4.24. The van der Waals surface area contributed by atoms with E-state index in [0.717, 1.165) is 23.0 Å². The molecule has 0 radical (unpaired) electrons. The highest BCUT2D eigenvalue weighted by Gasteiger charge is 2.38. The molecule has 11 nitrogen and oxygen atoms in total. The normalized spacial score (nSPS) is 18.1. The van der Waals surface area contributed by atoms with Crippen molar-refractivity contribution < 1.29 is 32.3 Å². The number of piperazine rings is 1. The van der Waals surface area contributed by atoms with Crippen molar-refractivity contribution in [3.8, 4) is 0 Å². The lowest BCUT2D eigenvalue weighted by Gasteiger charge is -2.40. The first kappa shape index (κ1) is 32.7. The molecule has 3 aliphatic rings. The number of pyridine rings is 1. The molecule has 1 atom stereocenters. The van der Waals surface area contributed by atoms with E-state index in [1.54, 1.807) is 22.2 Å². The summed E-state index contributed by atoms with van der Waals surface area (Å²) < 4.78 is 47.0. The van der Waals surface area contributed by atoms with Crippen LogP contribution in [0.4, 0.5) is 39.8 Å². The van der Waals surface area contributed by atoms with E-state index in [2.05, 4.69) is 15.2 Å². The number of hydrogen-bond acceptors (Lipinski definition) is 8. The number of thiophene rings is 1. The van der Waals surface area contributed by atoms with Crippen molar-refractivity contribution in [2.75, 3.05) is 55.2 Å². The molecule has 3 aliphatic heterocycles. The van der Waals surface area contributed by atoms with Crippen molar-refractivity contribution in [2.45, 2.75) is 44.1 Å². The number of anilines is 3. The standard InChI is InChI=1S/C31H33ClF3N7O4S/c32-24-14-19(13-23(27(24)36)31(33,34)35)15-26(28(43)40-11-9-39(10-12-40)21-1-5-37-6-2-21)46-30(45)41-7-3-22(4-8-41)42-16-20-17-47-18-25(20)38-29(42)44/h1-2,5-6,13-14,17-18,22,26H,3-4,7-12,15-16,36H2,(H,38,44)/t26-/m1/s1. The molecule has 0 spiro atoms. The molecule has 5 heterocycles. The number of benzene rings is 1. The average molecular weight is 692 g/mol. The molecular weight excluding hydrogens is 659 g/mol. The molecule has 0 aliphatic carbocycles. The summed E-state index contributed by atoms with van der Waals surface area (Å²) in [6.45, 7) is 2.69. The van der Waals surface area contributed by atoms with Gasteiger partial charge in [0.25, 0.3) is 5.91 Å². The molecule has 250 valence electrons. The topological polar surface area (TPSA) is 124 Å². The molecule has 0 unspecified atom stereocenters. The van der Waals surface area contributed by atoms with Crippen molar-refractivity contribution in [3.05, 3.63) is 69.1 Å². The number of alkyl halides is 3. The number of likely N-dealkylation sites (tertiary alicyclic amines) is 1. The van der Waals surface area contributed by atoms with Gasteiger partial charge in [0.2, 0.25) is 0 Å². The van der Waals surface area contributed by atoms with Gasteiger partial charge in [-0.2, -0.15) is 13.2 Å². The third-order valence-electron chi connectivity index (χ3n) is 8.80. The second kappa shape index (κ2) is 13.5. The van der Waals surface area contributed by atoms with Gasteiger partial charge in [-0.05, 0) is 48.1 Å². The summed E-state index contributed by atoms with van der Waals surface area (Å²) in [5.74, 6) is -0.513. The first-order valence-electron chi connectivity index (χ1n) is 15.1. The Bertz CT molecular complexity index is 1630. The SMILES string of the molecule is Nc1c(Cl)cc(C[C@@H](OC(=O)N2CCC(N3Cc4cscc4NC3=O)CC2)C(=O)N2CCN(c3ccncc3)CC2)cc1C(F)(F)F. The van der Waals surface area contributed by atoms with Crippen LogP contribution in [-0.2, 0) is 28.7 Å². The lowest BCUT2D eigenvalue weighted by Crippen LogP contribution is -2.54. The fraction of sp³-hybridized carbons (Fsp3) is 0.419. The maximum Gasteiger partial charge on any atom is 0.418 e. The smallest absolute Gasteiger partial charge is 0.418 e. The van der Waals surface area contributed by atoms with Crippen molar-refractivity contribution in [1.82, 2.24) is 19.7 Å². The van der Waals surface area contributed by atoms with E-state index < -0.39 is 35.5 Å². The average Bonchev–Trinajstić information content (AvgIpc) is 3.52. The maximum atomic E-state index is 13.8. The molecule has 0 saturated carbocycles. The number of ether oxygens (including phenoxy) is 1. The highest BCUT2D eigenvalue weighted by molar-refractivity contribution is 7.08. The van der Waals surface area contributed by atoms with Crippen LogP contribution in [-0.4, -0.2) is 89.1 Å². The number of nitrogens with one attached hydrogen (secondary N) is 1. The summed E-state index contributed by atoms with van der Waals surface area (Å²) in [7, 11) is 0. The van der Waals surface area contributed by atoms with Crippen LogP contribution in [0.1, 0.15) is 29.5 Å². The summed E-state index contributed by atoms with van der Waals surface area (Å²) in [4.78, 5) is 50.9. The van der Waals surface area contributed by atoms with E-state index in [0.29, 0.717) is 45.6 Å². The number of halogens is 4. The zero-order chi connectivity index (χ0) is 33.3. The summed E-state index contributed by atoms with van der Waals surface area (Å²) in [6, 6.07) is 5.54. The van der Waals surface area contributed by atoms with Crippen LogP contribution >= 0.6 is 22.9 Å². The number of fused-ring (bicyclic) bond motifs is 1. The molecule has 3 N–H and O–H groups in total. The van der Waals surface area contributed by atoms with Crippen LogP contribution in [0, 0.1) is 0 Å². The number of rotatable bonds is 6. The zero-order valence-corrected chi connectivity index (χ0v) is 26.8. The second-order valence-corrected chi connectivity index (χ2v) is 12.9. The minimum atomic E-state index is -4.77. The molecule has 0 bridgehead atoms. The number of carbonyl (C=O) groups excluding carboxylic acids is 3. The fourth-order valence-corrected chi connectivity index (χ4v) is 7.23. The number of nitrogens with zero attached hydrogens (tertiary/aromatic N) is 5. The predicted octanol–water partition coefficient (Wildman–Crippen LogP) is 5.31. The number of hydrogen-bond donors (Lipinski definition) is 2. The lowest BCUT2D eigenvalue weighted by molar-refractivity contribution is -0.141. The summed E-state index contributed by atoms with van der Waals surface area (Å²) in [5, 5.41) is 6.48. The molecule has 6 rings (SSSR count). The van der Waals surface area contributed by atoms with E-state index in [1.165, 1.54) is 22.3 Å². The van der Waals surface area contributed by atoms with E-state index in [9.17, 15) is 27.6 Å². The second-order valence-electron chi connectivity index (χ2n) is 11.7. The lowest BCUT2D eigenvalue weighted by atomic mass is 10.0. The van der Waals surface area contributed by atoms with Crippen molar-refractivity contribution in [3.63, 3.8) is 0 Å². The number of carbonyl (C=O) groups is 3. The number of urea groups is 1. The van der Waals surface area contributed by atoms with Gasteiger partial charge in [-0.15, -0.1) is 11.3 Å². The van der Waals surface area contributed by atoms with Crippen LogP contribution in [0.5, 0.6) is 0 Å². The molecule has 3 aromatic rings. The van der Waals surface area contributed by atoms with Crippen molar-refractivity contribution >= 4 is 58.0 Å².